The molecule has 6 rings (SSSR count). The highest BCUT2D eigenvalue weighted by Gasteiger charge is 2.50. The SMILES string of the molecule is O=C(C1=C(C(=O)N(Cc2ccccc2)c2ccccc2OS(=O)(=O)C(F)(F)F)C[C@H]2OCO[C@@H]2C1)N(Cc1ccccc1)c1ccccc1OS(=O)(=O)C(F)(F)F. The molecule has 1 aliphatic carbocycles. The molecular weight excluding hydrogens is 811 g/mol. The van der Waals surface area contributed by atoms with Gasteiger partial charge in [-0.1, -0.05) is 84.9 Å². The van der Waals surface area contributed by atoms with Crippen LogP contribution < -0.4 is 18.2 Å². The number of nitrogens with zero attached hydrogens (tertiary/aromatic N) is 2. The Bertz CT molecular complexity index is 2210. The first-order valence-corrected chi connectivity index (χ1v) is 19.5. The van der Waals surface area contributed by atoms with Gasteiger partial charge in [-0.3, -0.25) is 9.59 Å². The predicted octanol–water partition coefficient (Wildman–Crippen LogP) is 6.74. The summed E-state index contributed by atoms with van der Waals surface area (Å²) in [4.78, 5) is 31.7. The maximum absolute atomic E-state index is 14.9. The van der Waals surface area contributed by atoms with Crippen molar-refractivity contribution in [2.45, 2.75) is 49.2 Å². The van der Waals surface area contributed by atoms with Gasteiger partial charge in [0.25, 0.3) is 11.8 Å². The van der Waals surface area contributed by atoms with Crippen molar-refractivity contribution >= 4 is 43.4 Å². The van der Waals surface area contributed by atoms with E-state index >= 15 is 0 Å². The Morgan fingerprint density at radius 3 is 1.25 bits per heavy atom. The number of fused-ring (bicyclic) bond motifs is 1. The number of hydrogen-bond donors (Lipinski definition) is 0. The van der Waals surface area contributed by atoms with E-state index in [-0.39, 0.29) is 43.9 Å². The summed E-state index contributed by atoms with van der Waals surface area (Å²) in [6.07, 6.45) is -2.27. The molecule has 12 nitrogen and oxygen atoms in total. The Kier molecular flexibility index (Phi) is 11.7. The number of hydrogen-bond acceptors (Lipinski definition) is 10. The van der Waals surface area contributed by atoms with E-state index in [0.29, 0.717) is 11.1 Å². The normalized spacial score (nSPS) is 17.4. The van der Waals surface area contributed by atoms with Gasteiger partial charge in [0.05, 0.1) is 36.7 Å². The van der Waals surface area contributed by atoms with Crippen LogP contribution in [0.2, 0.25) is 0 Å². The first kappa shape index (κ1) is 41.2. The summed E-state index contributed by atoms with van der Waals surface area (Å²) in [5.74, 6) is -3.74. The fourth-order valence-electron chi connectivity index (χ4n) is 6.11. The van der Waals surface area contributed by atoms with Crippen molar-refractivity contribution in [3.05, 3.63) is 131 Å². The Balaban J connectivity index is 1.52. The third kappa shape index (κ3) is 9.08. The summed E-state index contributed by atoms with van der Waals surface area (Å²) in [5.41, 5.74) is -12.2. The number of alkyl halides is 6. The van der Waals surface area contributed by atoms with Gasteiger partial charge in [-0.15, -0.1) is 0 Å². The second-order valence-electron chi connectivity index (χ2n) is 12.5. The molecule has 2 atom stereocenters. The Hall–Kier alpha value is -5.44. The van der Waals surface area contributed by atoms with Crippen molar-refractivity contribution in [1.82, 2.24) is 0 Å². The van der Waals surface area contributed by atoms with Gasteiger partial charge in [0, 0.05) is 24.0 Å². The molecule has 20 heteroatoms. The minimum absolute atomic E-state index is 0.238. The zero-order valence-corrected chi connectivity index (χ0v) is 30.8. The molecule has 2 aliphatic rings. The van der Waals surface area contributed by atoms with E-state index in [4.69, 9.17) is 9.47 Å². The van der Waals surface area contributed by atoms with Gasteiger partial charge in [0.15, 0.2) is 11.5 Å². The van der Waals surface area contributed by atoms with Gasteiger partial charge in [-0.05, 0) is 35.4 Å². The third-order valence-electron chi connectivity index (χ3n) is 8.81. The van der Waals surface area contributed by atoms with Crippen LogP contribution in [0.1, 0.15) is 24.0 Å². The highest BCUT2D eigenvalue weighted by Crippen LogP contribution is 2.41. The lowest BCUT2D eigenvalue weighted by molar-refractivity contribution is -0.118. The van der Waals surface area contributed by atoms with Gasteiger partial charge in [0.2, 0.25) is 0 Å². The Morgan fingerprint density at radius 2 is 0.895 bits per heavy atom. The van der Waals surface area contributed by atoms with Crippen molar-refractivity contribution in [3.8, 4) is 11.5 Å². The van der Waals surface area contributed by atoms with Crippen LogP contribution in [0.15, 0.2) is 120 Å². The monoisotopic (exact) mass is 840 g/mol. The maximum atomic E-state index is 14.9. The number of amides is 2. The van der Waals surface area contributed by atoms with Crippen LogP contribution in [0.5, 0.6) is 11.5 Å². The predicted molar refractivity (Wildman–Crippen MR) is 190 cm³/mol. The van der Waals surface area contributed by atoms with Crippen LogP contribution in [0.25, 0.3) is 0 Å². The quantitative estimate of drug-likeness (QED) is 0.0854. The minimum Gasteiger partial charge on any atom is -0.374 e. The van der Waals surface area contributed by atoms with E-state index in [0.717, 1.165) is 34.1 Å². The van der Waals surface area contributed by atoms with E-state index in [1.54, 1.807) is 60.7 Å². The maximum Gasteiger partial charge on any atom is 0.534 e. The Morgan fingerprint density at radius 1 is 0.561 bits per heavy atom. The van der Waals surface area contributed by atoms with Gasteiger partial charge >= 0.3 is 31.3 Å². The molecule has 2 amide bonds. The number of carbonyl (C=O) groups is 2. The van der Waals surface area contributed by atoms with Crippen molar-refractivity contribution in [2.24, 2.45) is 0 Å². The molecule has 4 aromatic rings. The van der Waals surface area contributed by atoms with Crippen molar-refractivity contribution in [3.63, 3.8) is 0 Å². The summed E-state index contributed by atoms with van der Waals surface area (Å²) < 4.78 is 150. The Labute approximate surface area is 322 Å². The van der Waals surface area contributed by atoms with Gasteiger partial charge in [0.1, 0.15) is 6.79 Å². The smallest absolute Gasteiger partial charge is 0.374 e. The molecule has 1 heterocycles. The average molecular weight is 841 g/mol. The van der Waals surface area contributed by atoms with Crippen LogP contribution in [0.4, 0.5) is 37.7 Å². The summed E-state index contributed by atoms with van der Waals surface area (Å²) >= 11 is 0. The molecule has 0 N–H and O–H groups in total. The topological polar surface area (TPSA) is 146 Å². The highest BCUT2D eigenvalue weighted by molar-refractivity contribution is 7.88. The standard InChI is InChI=1S/C37H30F6N2O10S2/c38-36(39,40)56(48,49)54-30-17-9-7-15-28(30)44(21-24-11-3-1-4-12-24)34(46)26-19-32-33(53-23-52-32)20-27(26)35(47)45(22-25-13-5-2-6-14-25)29-16-8-10-18-31(29)55-57(50,51)37(41,42)43/h1-18,32-33H,19-23H2/t32-,33-/m1/s1. The fourth-order valence-corrected chi connectivity index (χ4v) is 7.06. The number of para-hydroxylation sites is 4. The van der Waals surface area contributed by atoms with E-state index in [2.05, 4.69) is 8.37 Å². The second-order valence-corrected chi connectivity index (χ2v) is 15.6. The molecule has 1 saturated heterocycles. The summed E-state index contributed by atoms with van der Waals surface area (Å²) in [5, 5.41) is 0. The molecule has 0 unspecified atom stereocenters. The lowest BCUT2D eigenvalue weighted by Crippen LogP contribution is -2.42. The van der Waals surface area contributed by atoms with Crippen LogP contribution in [0.3, 0.4) is 0 Å². The molecule has 4 aromatic carbocycles. The van der Waals surface area contributed by atoms with E-state index in [1.807, 2.05) is 0 Å². The van der Waals surface area contributed by atoms with Crippen molar-refractivity contribution in [1.29, 1.82) is 0 Å². The lowest BCUT2D eigenvalue weighted by atomic mass is 9.85. The van der Waals surface area contributed by atoms with Crippen LogP contribution in [0, 0.1) is 0 Å². The number of ether oxygens (including phenoxy) is 2. The summed E-state index contributed by atoms with van der Waals surface area (Å²) in [6.45, 7) is -1.01. The van der Waals surface area contributed by atoms with E-state index in [1.165, 1.54) is 24.3 Å². The summed E-state index contributed by atoms with van der Waals surface area (Å²) in [7, 11) is -12.5. The lowest BCUT2D eigenvalue weighted by Gasteiger charge is -2.33. The van der Waals surface area contributed by atoms with E-state index < -0.39 is 78.1 Å². The molecule has 0 aromatic heterocycles. The summed E-state index contributed by atoms with van der Waals surface area (Å²) in [6, 6.07) is 25.1. The first-order valence-electron chi connectivity index (χ1n) is 16.7. The largest absolute Gasteiger partial charge is 0.534 e. The minimum atomic E-state index is -6.24. The molecule has 57 heavy (non-hydrogen) atoms. The number of halogens is 6. The molecule has 0 bridgehead atoms. The molecule has 0 radical (unpaired) electrons. The van der Waals surface area contributed by atoms with Crippen molar-refractivity contribution in [2.75, 3.05) is 16.6 Å². The fraction of sp³-hybridized carbons (Fsp3) is 0.243. The van der Waals surface area contributed by atoms with Crippen LogP contribution in [-0.4, -0.2) is 58.7 Å². The molecule has 1 aliphatic heterocycles. The molecule has 1 fully saturated rings. The number of anilines is 2. The molecular formula is C37H30F6N2O10S2. The van der Waals surface area contributed by atoms with E-state index in [9.17, 15) is 52.8 Å². The number of benzene rings is 4. The third-order valence-corrected chi connectivity index (χ3v) is 10.7. The first-order chi connectivity index (χ1) is 26.9. The number of rotatable bonds is 12. The van der Waals surface area contributed by atoms with Crippen molar-refractivity contribution < 1.29 is 70.6 Å². The molecule has 0 spiro atoms. The molecule has 302 valence electrons. The van der Waals surface area contributed by atoms with Gasteiger partial charge in [-0.25, -0.2) is 0 Å². The van der Waals surface area contributed by atoms with Crippen LogP contribution >= 0.6 is 0 Å². The van der Waals surface area contributed by atoms with Gasteiger partial charge in [-0.2, -0.15) is 43.2 Å². The second kappa shape index (κ2) is 16.2. The number of carbonyl (C=O) groups excluding carboxylic acids is 2. The molecule has 0 saturated carbocycles. The van der Waals surface area contributed by atoms with Gasteiger partial charge < -0.3 is 27.6 Å². The van der Waals surface area contributed by atoms with Crippen LogP contribution in [-0.2, 0) is 52.4 Å². The zero-order valence-electron chi connectivity index (χ0n) is 29.1. The average Bonchev–Trinajstić information content (AvgIpc) is 3.63. The zero-order chi connectivity index (χ0) is 41.2. The highest BCUT2D eigenvalue weighted by atomic mass is 32.2.